The van der Waals surface area contributed by atoms with Gasteiger partial charge in [0.2, 0.25) is 6.41 Å². The van der Waals surface area contributed by atoms with Crippen LogP contribution in [0, 0.1) is 0 Å². The lowest BCUT2D eigenvalue weighted by Crippen LogP contribution is -2.13. The van der Waals surface area contributed by atoms with Gasteiger partial charge in [-0.25, -0.2) is 0 Å². The summed E-state index contributed by atoms with van der Waals surface area (Å²) in [4.78, 5) is 12.6. The van der Waals surface area contributed by atoms with E-state index >= 15 is 0 Å². The minimum absolute atomic E-state index is 0.183. The summed E-state index contributed by atoms with van der Waals surface area (Å²) >= 11 is 0. The van der Waals surface area contributed by atoms with Gasteiger partial charge in [-0.2, -0.15) is 0 Å². The van der Waals surface area contributed by atoms with Crippen molar-refractivity contribution in [3.63, 3.8) is 0 Å². The zero-order valence-corrected chi connectivity index (χ0v) is 8.58. The van der Waals surface area contributed by atoms with Crippen LogP contribution in [0.2, 0.25) is 0 Å². The van der Waals surface area contributed by atoms with Gasteiger partial charge in [0.05, 0.1) is 0 Å². The van der Waals surface area contributed by atoms with Gasteiger partial charge in [-0.3, -0.25) is 9.69 Å². The van der Waals surface area contributed by atoms with Crippen molar-refractivity contribution in [2.24, 2.45) is 0 Å². The summed E-state index contributed by atoms with van der Waals surface area (Å²) < 4.78 is 0. The van der Waals surface area contributed by atoms with Crippen LogP contribution in [0.4, 0.5) is 11.4 Å². The number of para-hydroxylation sites is 1. The average Bonchev–Trinajstić information content (AvgIpc) is 2.34. The highest BCUT2D eigenvalue weighted by molar-refractivity contribution is 5.86. The van der Waals surface area contributed by atoms with E-state index in [2.05, 4.69) is 0 Å². The normalized spacial score (nSPS) is 9.75. The van der Waals surface area contributed by atoms with Crippen LogP contribution in [0.5, 0.6) is 5.75 Å². The Hall–Kier alpha value is -2.29. The summed E-state index contributed by atoms with van der Waals surface area (Å²) in [6.07, 6.45) is 0.752. The predicted molar refractivity (Wildman–Crippen MR) is 62.8 cm³/mol. The Balaban J connectivity index is 2.37. The molecule has 0 radical (unpaired) electrons. The molecule has 2 aromatic carbocycles. The molecule has 80 valence electrons. The molecule has 0 bridgehead atoms. The molecule has 0 saturated heterocycles. The fourth-order valence-electron chi connectivity index (χ4n) is 1.47. The monoisotopic (exact) mass is 213 g/mol. The molecule has 0 aliphatic rings. The molecule has 0 aliphatic heterocycles. The Kier molecular flexibility index (Phi) is 2.87. The molecule has 3 nitrogen and oxygen atoms in total. The van der Waals surface area contributed by atoms with Gasteiger partial charge in [-0.05, 0) is 36.4 Å². The van der Waals surface area contributed by atoms with Gasteiger partial charge >= 0.3 is 0 Å². The van der Waals surface area contributed by atoms with Crippen LogP contribution in [-0.2, 0) is 4.79 Å². The van der Waals surface area contributed by atoms with Crippen molar-refractivity contribution >= 4 is 17.8 Å². The molecule has 0 heterocycles. The number of nitrogens with zero attached hydrogens (tertiary/aromatic N) is 1. The standard InChI is InChI=1S/C13H11NO2/c15-10-14(11-4-2-1-3-5-11)12-6-8-13(16)9-7-12/h1-10,16H. The van der Waals surface area contributed by atoms with Crippen molar-refractivity contribution < 1.29 is 9.90 Å². The molecular weight excluding hydrogens is 202 g/mol. The highest BCUT2D eigenvalue weighted by atomic mass is 16.3. The summed E-state index contributed by atoms with van der Waals surface area (Å²) in [5.41, 5.74) is 1.52. The molecule has 0 atom stereocenters. The molecule has 0 fully saturated rings. The van der Waals surface area contributed by atoms with Crippen LogP contribution in [0.25, 0.3) is 0 Å². The van der Waals surface area contributed by atoms with Gasteiger partial charge in [0.25, 0.3) is 0 Å². The predicted octanol–water partition coefficient (Wildman–Crippen LogP) is 2.69. The van der Waals surface area contributed by atoms with E-state index in [1.54, 1.807) is 24.3 Å². The second-order valence-corrected chi connectivity index (χ2v) is 3.33. The van der Waals surface area contributed by atoms with Gasteiger partial charge in [0, 0.05) is 11.4 Å². The number of amides is 1. The Morgan fingerprint density at radius 2 is 1.44 bits per heavy atom. The van der Waals surface area contributed by atoms with Gasteiger partial charge in [-0.15, -0.1) is 0 Å². The summed E-state index contributed by atoms with van der Waals surface area (Å²) in [6, 6.07) is 15.8. The first-order valence-corrected chi connectivity index (χ1v) is 4.90. The summed E-state index contributed by atoms with van der Waals surface area (Å²) in [6.45, 7) is 0. The number of aromatic hydroxyl groups is 1. The lowest BCUT2D eigenvalue weighted by Gasteiger charge is -2.17. The number of anilines is 2. The van der Waals surface area contributed by atoms with Crippen molar-refractivity contribution in [2.75, 3.05) is 4.90 Å². The Bertz CT molecular complexity index is 465. The number of carbonyl (C=O) groups excluding carboxylic acids is 1. The molecule has 0 spiro atoms. The van der Waals surface area contributed by atoms with Crippen molar-refractivity contribution in [2.45, 2.75) is 0 Å². The quantitative estimate of drug-likeness (QED) is 0.796. The summed E-state index contributed by atoms with van der Waals surface area (Å²) in [7, 11) is 0. The van der Waals surface area contributed by atoms with Crippen LogP contribution in [0.3, 0.4) is 0 Å². The smallest absolute Gasteiger partial charge is 0.218 e. The van der Waals surface area contributed by atoms with E-state index in [1.165, 1.54) is 4.90 Å². The zero-order chi connectivity index (χ0) is 11.4. The molecule has 2 rings (SSSR count). The highest BCUT2D eigenvalue weighted by Gasteiger charge is 2.06. The maximum atomic E-state index is 11.1. The van der Waals surface area contributed by atoms with Crippen LogP contribution < -0.4 is 4.90 Å². The number of rotatable bonds is 3. The first kappa shape index (κ1) is 10.2. The third-order valence-corrected chi connectivity index (χ3v) is 2.27. The van der Waals surface area contributed by atoms with E-state index < -0.39 is 0 Å². The van der Waals surface area contributed by atoms with Crippen molar-refractivity contribution in [1.82, 2.24) is 0 Å². The van der Waals surface area contributed by atoms with Crippen LogP contribution in [-0.4, -0.2) is 11.5 Å². The molecule has 1 amide bonds. The highest BCUT2D eigenvalue weighted by Crippen LogP contribution is 2.24. The minimum atomic E-state index is 0.183. The van der Waals surface area contributed by atoms with E-state index in [4.69, 9.17) is 0 Å². The molecule has 0 unspecified atom stereocenters. The zero-order valence-electron chi connectivity index (χ0n) is 8.58. The number of hydrogen-bond donors (Lipinski definition) is 1. The summed E-state index contributed by atoms with van der Waals surface area (Å²) in [5.74, 6) is 0.183. The molecule has 2 aromatic rings. The number of phenols is 1. The Morgan fingerprint density at radius 3 is 2.00 bits per heavy atom. The van der Waals surface area contributed by atoms with Crippen molar-refractivity contribution in [3.8, 4) is 5.75 Å². The molecule has 0 saturated carbocycles. The Labute approximate surface area is 93.6 Å². The van der Waals surface area contributed by atoms with Gasteiger partial charge in [0.1, 0.15) is 5.75 Å². The maximum Gasteiger partial charge on any atom is 0.218 e. The van der Waals surface area contributed by atoms with Crippen molar-refractivity contribution in [1.29, 1.82) is 0 Å². The minimum Gasteiger partial charge on any atom is -0.508 e. The van der Waals surface area contributed by atoms with E-state index in [9.17, 15) is 9.90 Å². The van der Waals surface area contributed by atoms with Gasteiger partial charge in [0.15, 0.2) is 0 Å². The van der Waals surface area contributed by atoms with Gasteiger partial charge < -0.3 is 5.11 Å². The SMILES string of the molecule is O=CN(c1ccccc1)c1ccc(O)cc1. The average molecular weight is 213 g/mol. The molecule has 3 heteroatoms. The van der Waals surface area contributed by atoms with E-state index in [0.29, 0.717) is 0 Å². The molecule has 16 heavy (non-hydrogen) atoms. The first-order chi connectivity index (χ1) is 7.81. The Morgan fingerprint density at radius 1 is 0.875 bits per heavy atom. The topological polar surface area (TPSA) is 40.5 Å². The lowest BCUT2D eigenvalue weighted by atomic mass is 10.2. The third kappa shape index (κ3) is 2.03. The molecule has 0 aromatic heterocycles. The van der Waals surface area contributed by atoms with E-state index in [0.717, 1.165) is 17.8 Å². The van der Waals surface area contributed by atoms with Crippen LogP contribution >= 0.6 is 0 Å². The number of phenolic OH excluding ortho intramolecular Hbond substituents is 1. The summed E-state index contributed by atoms with van der Waals surface area (Å²) in [5, 5.41) is 9.17. The van der Waals surface area contributed by atoms with E-state index in [-0.39, 0.29) is 5.75 Å². The number of hydrogen-bond acceptors (Lipinski definition) is 2. The van der Waals surface area contributed by atoms with Crippen LogP contribution in [0.1, 0.15) is 0 Å². The molecular formula is C13H11NO2. The maximum absolute atomic E-state index is 11.1. The number of benzene rings is 2. The number of carbonyl (C=O) groups is 1. The van der Waals surface area contributed by atoms with Crippen molar-refractivity contribution in [3.05, 3.63) is 54.6 Å². The first-order valence-electron chi connectivity index (χ1n) is 4.90. The van der Waals surface area contributed by atoms with E-state index in [1.807, 2.05) is 30.3 Å². The second-order valence-electron chi connectivity index (χ2n) is 3.33. The van der Waals surface area contributed by atoms with Crippen LogP contribution in [0.15, 0.2) is 54.6 Å². The van der Waals surface area contributed by atoms with Gasteiger partial charge in [-0.1, -0.05) is 18.2 Å². The molecule has 0 aliphatic carbocycles. The third-order valence-electron chi connectivity index (χ3n) is 2.27. The molecule has 1 N–H and O–H groups in total. The fourth-order valence-corrected chi connectivity index (χ4v) is 1.47. The fraction of sp³-hybridized carbons (Fsp3) is 0. The lowest BCUT2D eigenvalue weighted by molar-refractivity contribution is -0.106. The largest absolute Gasteiger partial charge is 0.508 e. The second kappa shape index (κ2) is 4.49.